The highest BCUT2D eigenvalue weighted by Gasteiger charge is 2.64. The van der Waals surface area contributed by atoms with Gasteiger partial charge in [0.25, 0.3) is 5.91 Å². The Morgan fingerprint density at radius 2 is 1.94 bits per heavy atom. The largest absolute Gasteiger partial charge is 0.508 e. The van der Waals surface area contributed by atoms with Gasteiger partial charge in [-0.25, -0.2) is 0 Å². The molecule has 0 radical (unpaired) electrons. The van der Waals surface area contributed by atoms with Crippen molar-refractivity contribution in [3.63, 3.8) is 0 Å². The number of nitrogens with zero attached hydrogens (tertiary/aromatic N) is 2. The van der Waals surface area contributed by atoms with E-state index >= 15 is 0 Å². The third-order valence-electron chi connectivity index (χ3n) is 7.35. The summed E-state index contributed by atoms with van der Waals surface area (Å²) in [7, 11) is 3.10. The fraction of sp³-hybridized carbons (Fsp3) is 0.333. The average molecular weight is 481 g/mol. The number of aromatic hydroxyl groups is 1. The lowest BCUT2D eigenvalue weighted by Crippen LogP contribution is -2.65. The van der Waals surface area contributed by atoms with Gasteiger partial charge in [-0.2, -0.15) is 0 Å². The standard InChI is InChI=1S/C24H23N3O8/c1-27(2)18-13-6-9-5-12-11(10-7-26-35-8-10)3-4-14(28)16(12)19(29)15(9)21(31)24(13,34)22(32)17(20(18)30)23(25)33/h3-4,7-9,13,18,28-29,32,34H,5-6H2,1-2H3,(H2,25,33)/t9-,13-,18-,24-/m0/s1. The Bertz CT molecular complexity index is 1360. The van der Waals surface area contributed by atoms with Gasteiger partial charge >= 0.3 is 0 Å². The summed E-state index contributed by atoms with van der Waals surface area (Å²) in [5.41, 5.74) is 3.39. The minimum Gasteiger partial charge on any atom is -0.508 e. The monoisotopic (exact) mass is 481 g/mol. The van der Waals surface area contributed by atoms with E-state index in [0.29, 0.717) is 16.7 Å². The van der Waals surface area contributed by atoms with E-state index in [9.17, 15) is 34.8 Å². The summed E-state index contributed by atoms with van der Waals surface area (Å²) >= 11 is 0. The molecule has 1 fully saturated rings. The molecule has 3 aliphatic rings. The molecule has 5 rings (SSSR count). The third-order valence-corrected chi connectivity index (χ3v) is 7.35. The fourth-order valence-electron chi connectivity index (χ4n) is 5.85. The van der Waals surface area contributed by atoms with E-state index < -0.39 is 58.0 Å². The van der Waals surface area contributed by atoms with Gasteiger partial charge in [0.2, 0.25) is 5.78 Å². The summed E-state index contributed by atoms with van der Waals surface area (Å²) in [4.78, 5) is 40.3. The molecular weight excluding hydrogens is 458 g/mol. The number of rotatable bonds is 3. The van der Waals surface area contributed by atoms with Gasteiger partial charge in [0.05, 0.1) is 17.8 Å². The van der Waals surface area contributed by atoms with Crippen LogP contribution >= 0.6 is 0 Å². The van der Waals surface area contributed by atoms with Crippen molar-refractivity contribution in [2.75, 3.05) is 14.1 Å². The molecule has 1 amide bonds. The number of hydrogen-bond donors (Lipinski definition) is 5. The first-order valence-electron chi connectivity index (χ1n) is 10.9. The van der Waals surface area contributed by atoms with E-state index in [1.165, 1.54) is 23.4 Å². The molecule has 6 N–H and O–H groups in total. The highest BCUT2D eigenvalue weighted by molar-refractivity contribution is 6.24. The van der Waals surface area contributed by atoms with Crippen molar-refractivity contribution in [2.24, 2.45) is 17.6 Å². The molecule has 0 bridgehead atoms. The maximum absolute atomic E-state index is 13.8. The number of aromatic nitrogens is 1. The summed E-state index contributed by atoms with van der Waals surface area (Å²) < 4.78 is 4.93. The number of fused-ring (bicyclic) bond motifs is 3. The topological polar surface area (TPSA) is 187 Å². The number of carbonyl (C=O) groups is 3. The van der Waals surface area contributed by atoms with Crippen LogP contribution in [-0.2, 0) is 20.8 Å². The molecule has 0 aliphatic heterocycles. The predicted octanol–water partition coefficient (Wildman–Crippen LogP) is 0.619. The highest BCUT2D eigenvalue weighted by atomic mass is 16.5. The SMILES string of the molecule is CN(C)[C@@H]1C(=O)C(C(N)=O)=C(O)[C@@]2(O)C(=O)C3=C(O)c4c(O)ccc(-c5cnoc5)c4C[C@H]3C[C@@H]12. The molecule has 2 aromatic rings. The first kappa shape index (κ1) is 22.8. The lowest BCUT2D eigenvalue weighted by molar-refractivity contribution is -0.153. The number of benzene rings is 1. The summed E-state index contributed by atoms with van der Waals surface area (Å²) in [6.45, 7) is 0. The van der Waals surface area contributed by atoms with Gasteiger partial charge in [0.1, 0.15) is 29.1 Å². The van der Waals surface area contributed by atoms with Crippen LogP contribution in [0.2, 0.25) is 0 Å². The number of primary amides is 1. The molecular formula is C24H23N3O8. The minimum absolute atomic E-state index is 0.0139. The number of nitrogens with two attached hydrogens (primary N) is 1. The number of ketones is 2. The zero-order valence-corrected chi connectivity index (χ0v) is 18.8. The highest BCUT2D eigenvalue weighted by Crippen LogP contribution is 2.53. The van der Waals surface area contributed by atoms with E-state index in [1.54, 1.807) is 20.2 Å². The predicted molar refractivity (Wildman–Crippen MR) is 120 cm³/mol. The van der Waals surface area contributed by atoms with Crippen LogP contribution < -0.4 is 5.73 Å². The summed E-state index contributed by atoms with van der Waals surface area (Å²) in [5, 5.41) is 47.9. The average Bonchev–Trinajstić information content (AvgIpc) is 3.30. The molecule has 11 nitrogen and oxygen atoms in total. The quantitative estimate of drug-likeness (QED) is 0.389. The van der Waals surface area contributed by atoms with E-state index in [2.05, 4.69) is 5.16 Å². The second-order valence-corrected chi connectivity index (χ2v) is 9.36. The van der Waals surface area contributed by atoms with Crippen LogP contribution in [0.15, 0.2) is 46.0 Å². The molecule has 4 atom stereocenters. The van der Waals surface area contributed by atoms with Crippen LogP contribution in [0.25, 0.3) is 16.9 Å². The van der Waals surface area contributed by atoms with Gasteiger partial charge in [-0.3, -0.25) is 19.3 Å². The number of Topliss-reactive ketones (excluding diaryl/α,β-unsaturated/α-hetero) is 2. The molecule has 3 aliphatic carbocycles. The van der Waals surface area contributed by atoms with Gasteiger partial charge in [0, 0.05) is 17.1 Å². The summed E-state index contributed by atoms with van der Waals surface area (Å²) in [6.07, 6.45) is 3.08. The number of likely N-dealkylation sites (N-methyl/N-ethyl adjacent to an activating group) is 1. The smallest absolute Gasteiger partial charge is 0.255 e. The Kier molecular flexibility index (Phi) is 4.90. The maximum Gasteiger partial charge on any atom is 0.255 e. The van der Waals surface area contributed by atoms with Crippen molar-refractivity contribution >= 4 is 23.2 Å². The van der Waals surface area contributed by atoms with Gasteiger partial charge in [0.15, 0.2) is 11.4 Å². The summed E-state index contributed by atoms with van der Waals surface area (Å²) in [5.74, 6) is -6.84. The number of hydrogen-bond acceptors (Lipinski definition) is 10. The number of phenols is 1. The maximum atomic E-state index is 13.8. The molecule has 35 heavy (non-hydrogen) atoms. The zero-order valence-electron chi connectivity index (χ0n) is 18.8. The van der Waals surface area contributed by atoms with Crippen molar-refractivity contribution in [1.82, 2.24) is 10.1 Å². The van der Waals surface area contributed by atoms with Crippen molar-refractivity contribution in [2.45, 2.75) is 24.5 Å². The Morgan fingerprint density at radius 3 is 2.54 bits per heavy atom. The Hall–Kier alpha value is -3.96. The van der Waals surface area contributed by atoms with Crippen molar-refractivity contribution < 1.29 is 39.3 Å². The lowest BCUT2D eigenvalue weighted by atomic mass is 9.57. The Morgan fingerprint density at radius 1 is 1.23 bits per heavy atom. The molecule has 0 saturated heterocycles. The van der Waals surface area contributed by atoms with Crippen LogP contribution in [-0.4, -0.2) is 73.7 Å². The Labute approximate surface area is 198 Å². The van der Waals surface area contributed by atoms with Crippen LogP contribution in [0.1, 0.15) is 17.5 Å². The fourth-order valence-corrected chi connectivity index (χ4v) is 5.85. The molecule has 1 aromatic heterocycles. The third kappa shape index (κ3) is 2.91. The van der Waals surface area contributed by atoms with Crippen molar-refractivity contribution in [1.29, 1.82) is 0 Å². The van der Waals surface area contributed by atoms with E-state index in [1.807, 2.05) is 0 Å². The van der Waals surface area contributed by atoms with Gasteiger partial charge in [-0.1, -0.05) is 11.2 Å². The van der Waals surface area contributed by atoms with Gasteiger partial charge < -0.3 is 30.7 Å². The molecule has 0 unspecified atom stereocenters. The van der Waals surface area contributed by atoms with Gasteiger partial charge in [-0.05, 0) is 50.0 Å². The van der Waals surface area contributed by atoms with Crippen LogP contribution in [0.5, 0.6) is 5.75 Å². The first-order chi connectivity index (χ1) is 16.5. The van der Waals surface area contributed by atoms with Gasteiger partial charge in [-0.15, -0.1) is 0 Å². The van der Waals surface area contributed by atoms with Crippen molar-refractivity contribution in [3.05, 3.63) is 52.6 Å². The molecule has 1 saturated carbocycles. The number of aliphatic hydroxyl groups excluding tert-OH is 2. The second kappa shape index (κ2) is 7.52. The van der Waals surface area contributed by atoms with E-state index in [0.717, 1.165) is 0 Å². The number of amides is 1. The minimum atomic E-state index is -2.66. The molecule has 11 heteroatoms. The first-order valence-corrected chi connectivity index (χ1v) is 10.9. The second-order valence-electron chi connectivity index (χ2n) is 9.36. The van der Waals surface area contributed by atoms with Crippen molar-refractivity contribution in [3.8, 4) is 16.9 Å². The zero-order chi connectivity index (χ0) is 25.4. The normalized spacial score (nSPS) is 28.2. The number of aliphatic hydroxyl groups is 3. The molecule has 0 spiro atoms. The van der Waals surface area contributed by atoms with Crippen LogP contribution in [0.3, 0.4) is 0 Å². The van der Waals surface area contributed by atoms with E-state index in [4.69, 9.17) is 10.3 Å². The molecule has 1 aromatic carbocycles. The van der Waals surface area contributed by atoms with E-state index in [-0.39, 0.29) is 29.7 Å². The molecule has 1 heterocycles. The summed E-state index contributed by atoms with van der Waals surface area (Å²) in [6, 6.07) is 1.86. The number of phenolic OH excluding ortho intramolecular Hbond substituents is 1. The number of carbonyl (C=O) groups excluding carboxylic acids is 3. The van der Waals surface area contributed by atoms with Crippen LogP contribution in [0, 0.1) is 11.8 Å². The Balaban J connectivity index is 1.75. The lowest BCUT2D eigenvalue weighted by Gasteiger charge is -2.50. The molecule has 182 valence electrons. The van der Waals surface area contributed by atoms with Crippen LogP contribution in [0.4, 0.5) is 0 Å².